The summed E-state index contributed by atoms with van der Waals surface area (Å²) in [4.78, 5) is 24.9. The number of carbonyl (C=O) groups excluding carboxylic acids is 2. The van der Waals surface area contributed by atoms with Crippen molar-refractivity contribution in [3.63, 3.8) is 0 Å². The molecule has 2 N–H and O–H groups in total. The largest absolute Gasteiger partial charge is 0.376 e. The number of nitrogens with zero attached hydrogens (tertiary/aromatic N) is 1. The zero-order valence-corrected chi connectivity index (χ0v) is 12.3. The number of nitrogens with two attached hydrogens (primary N) is 1. The summed E-state index contributed by atoms with van der Waals surface area (Å²) in [6.45, 7) is 3.47. The van der Waals surface area contributed by atoms with Crippen LogP contribution in [0.1, 0.15) is 25.3 Å². The normalized spacial score (nSPS) is 19.8. The average molecular weight is 290 g/mol. The van der Waals surface area contributed by atoms with Crippen LogP contribution in [0.15, 0.2) is 30.3 Å². The van der Waals surface area contributed by atoms with Crippen molar-refractivity contribution in [2.75, 3.05) is 13.2 Å². The molecule has 2 atom stereocenters. The Labute approximate surface area is 125 Å². The summed E-state index contributed by atoms with van der Waals surface area (Å²) in [5.74, 6) is -0.305. The highest BCUT2D eigenvalue weighted by Crippen LogP contribution is 2.22. The number of amides is 2. The average Bonchev–Trinajstić information content (AvgIpc) is 2.82. The van der Waals surface area contributed by atoms with Gasteiger partial charge in [0.1, 0.15) is 6.04 Å². The molecule has 1 saturated heterocycles. The molecule has 1 unspecified atom stereocenters. The third kappa shape index (κ3) is 4.04. The molecule has 1 aliphatic rings. The fourth-order valence-corrected chi connectivity index (χ4v) is 2.71. The van der Waals surface area contributed by atoms with Crippen LogP contribution in [0.25, 0.3) is 0 Å². The molecule has 2 amide bonds. The summed E-state index contributed by atoms with van der Waals surface area (Å²) < 4.78 is 5.68. The van der Waals surface area contributed by atoms with E-state index >= 15 is 0 Å². The first-order chi connectivity index (χ1) is 10.1. The number of ether oxygens (including phenoxy) is 1. The van der Waals surface area contributed by atoms with E-state index in [0.717, 1.165) is 5.56 Å². The molecular weight excluding hydrogens is 268 g/mol. The summed E-state index contributed by atoms with van der Waals surface area (Å²) in [5, 5.41) is 0. The van der Waals surface area contributed by atoms with Crippen molar-refractivity contribution < 1.29 is 14.3 Å². The van der Waals surface area contributed by atoms with Crippen LogP contribution < -0.4 is 5.73 Å². The minimum absolute atomic E-state index is 0.00559. The van der Waals surface area contributed by atoms with Crippen molar-refractivity contribution in [2.45, 2.75) is 32.4 Å². The molecule has 5 nitrogen and oxygen atoms in total. The first kappa shape index (κ1) is 15.5. The van der Waals surface area contributed by atoms with Gasteiger partial charge >= 0.3 is 0 Å². The van der Waals surface area contributed by atoms with Gasteiger partial charge in [-0.25, -0.2) is 0 Å². The van der Waals surface area contributed by atoms with Crippen LogP contribution in [0.3, 0.4) is 0 Å². The number of benzene rings is 1. The van der Waals surface area contributed by atoms with Gasteiger partial charge in [0.15, 0.2) is 0 Å². The van der Waals surface area contributed by atoms with E-state index in [-0.39, 0.29) is 11.8 Å². The van der Waals surface area contributed by atoms with Crippen LogP contribution in [-0.2, 0) is 20.9 Å². The van der Waals surface area contributed by atoms with Crippen LogP contribution in [-0.4, -0.2) is 35.9 Å². The standard InChI is InChI=1S/C16H22N2O3/c1-2-14(16(17)20)18-9-13(8-15(18)19)11-21-10-12-6-4-3-5-7-12/h3-7,13-14H,2,8-11H2,1H3,(H2,17,20)/t13?,14-/m0/s1. The molecule has 0 saturated carbocycles. The van der Waals surface area contributed by atoms with Gasteiger partial charge in [0.25, 0.3) is 0 Å². The number of hydrogen-bond donors (Lipinski definition) is 1. The third-order valence-corrected chi connectivity index (χ3v) is 3.79. The maximum Gasteiger partial charge on any atom is 0.240 e. The summed E-state index contributed by atoms with van der Waals surface area (Å²) >= 11 is 0. The monoisotopic (exact) mass is 290 g/mol. The molecular formula is C16H22N2O3. The predicted octanol–water partition coefficient (Wildman–Crippen LogP) is 1.32. The highest BCUT2D eigenvalue weighted by atomic mass is 16.5. The Balaban J connectivity index is 1.81. The highest BCUT2D eigenvalue weighted by molar-refractivity contribution is 5.87. The first-order valence-corrected chi connectivity index (χ1v) is 7.32. The summed E-state index contributed by atoms with van der Waals surface area (Å²) in [6.07, 6.45) is 0.983. The second-order valence-corrected chi connectivity index (χ2v) is 5.44. The molecule has 1 aromatic rings. The van der Waals surface area contributed by atoms with Crippen LogP contribution >= 0.6 is 0 Å². The minimum Gasteiger partial charge on any atom is -0.376 e. The Bertz CT molecular complexity index is 490. The Hall–Kier alpha value is -1.88. The van der Waals surface area contributed by atoms with Crippen molar-refractivity contribution in [3.05, 3.63) is 35.9 Å². The topological polar surface area (TPSA) is 72.6 Å². The van der Waals surface area contributed by atoms with E-state index < -0.39 is 11.9 Å². The van der Waals surface area contributed by atoms with Gasteiger partial charge in [0.05, 0.1) is 13.2 Å². The van der Waals surface area contributed by atoms with Gasteiger partial charge in [-0.3, -0.25) is 9.59 Å². The summed E-state index contributed by atoms with van der Waals surface area (Å²) in [5.41, 5.74) is 6.46. The molecule has 1 heterocycles. The zero-order chi connectivity index (χ0) is 15.2. The molecule has 114 valence electrons. The van der Waals surface area contributed by atoms with Crippen molar-refractivity contribution in [2.24, 2.45) is 11.7 Å². The molecule has 0 aliphatic carbocycles. The lowest BCUT2D eigenvalue weighted by molar-refractivity contribution is -0.136. The second kappa shape index (κ2) is 7.22. The van der Waals surface area contributed by atoms with Gasteiger partial charge in [-0.2, -0.15) is 0 Å². The van der Waals surface area contributed by atoms with Gasteiger partial charge in [-0.05, 0) is 12.0 Å². The van der Waals surface area contributed by atoms with E-state index in [9.17, 15) is 9.59 Å². The minimum atomic E-state index is -0.489. The molecule has 0 aromatic heterocycles. The van der Waals surface area contributed by atoms with Gasteiger partial charge in [0, 0.05) is 18.9 Å². The van der Waals surface area contributed by atoms with Gasteiger partial charge in [0.2, 0.25) is 11.8 Å². The number of carbonyl (C=O) groups is 2. The fourth-order valence-electron chi connectivity index (χ4n) is 2.71. The second-order valence-electron chi connectivity index (χ2n) is 5.44. The number of hydrogen-bond acceptors (Lipinski definition) is 3. The van der Waals surface area contributed by atoms with Crippen LogP contribution in [0.2, 0.25) is 0 Å². The van der Waals surface area contributed by atoms with Crippen molar-refractivity contribution in [1.29, 1.82) is 0 Å². The van der Waals surface area contributed by atoms with Crippen LogP contribution in [0, 0.1) is 5.92 Å². The number of rotatable bonds is 7. The maximum absolute atomic E-state index is 12.0. The number of primary amides is 1. The lowest BCUT2D eigenvalue weighted by Crippen LogP contribution is -2.45. The predicted molar refractivity (Wildman–Crippen MR) is 79.2 cm³/mol. The smallest absolute Gasteiger partial charge is 0.240 e. The SMILES string of the molecule is CC[C@@H](C(N)=O)N1CC(COCc2ccccc2)CC1=O. The Morgan fingerprint density at radius 1 is 1.43 bits per heavy atom. The molecule has 5 heteroatoms. The Kier molecular flexibility index (Phi) is 5.33. The molecule has 21 heavy (non-hydrogen) atoms. The van der Waals surface area contributed by atoms with Crippen molar-refractivity contribution >= 4 is 11.8 Å². The number of likely N-dealkylation sites (tertiary alicyclic amines) is 1. The Morgan fingerprint density at radius 2 is 2.14 bits per heavy atom. The quantitative estimate of drug-likeness (QED) is 0.823. The molecule has 1 fully saturated rings. The lowest BCUT2D eigenvalue weighted by atomic mass is 10.1. The van der Waals surface area contributed by atoms with Crippen molar-refractivity contribution in [1.82, 2.24) is 4.90 Å². The van der Waals surface area contributed by atoms with E-state index in [2.05, 4.69) is 0 Å². The van der Waals surface area contributed by atoms with E-state index in [0.29, 0.717) is 32.6 Å². The summed E-state index contributed by atoms with van der Waals surface area (Å²) in [6, 6.07) is 9.43. The molecule has 0 spiro atoms. The van der Waals surface area contributed by atoms with Crippen molar-refractivity contribution in [3.8, 4) is 0 Å². The van der Waals surface area contributed by atoms with Crippen LogP contribution in [0.4, 0.5) is 0 Å². The van der Waals surface area contributed by atoms with E-state index in [1.165, 1.54) is 0 Å². The summed E-state index contributed by atoms with van der Waals surface area (Å²) in [7, 11) is 0. The molecule has 0 radical (unpaired) electrons. The van der Waals surface area contributed by atoms with E-state index in [4.69, 9.17) is 10.5 Å². The molecule has 2 rings (SSSR count). The lowest BCUT2D eigenvalue weighted by Gasteiger charge is -2.24. The maximum atomic E-state index is 12.0. The van der Waals surface area contributed by atoms with Gasteiger partial charge in [-0.1, -0.05) is 37.3 Å². The Morgan fingerprint density at radius 3 is 2.76 bits per heavy atom. The van der Waals surface area contributed by atoms with E-state index in [1.807, 2.05) is 37.3 Å². The molecule has 0 bridgehead atoms. The van der Waals surface area contributed by atoms with E-state index in [1.54, 1.807) is 4.90 Å². The molecule has 1 aromatic carbocycles. The molecule has 1 aliphatic heterocycles. The van der Waals surface area contributed by atoms with Crippen LogP contribution in [0.5, 0.6) is 0 Å². The third-order valence-electron chi connectivity index (χ3n) is 3.79. The zero-order valence-electron chi connectivity index (χ0n) is 12.3. The van der Waals surface area contributed by atoms with Gasteiger partial charge in [-0.15, -0.1) is 0 Å². The highest BCUT2D eigenvalue weighted by Gasteiger charge is 2.35. The first-order valence-electron chi connectivity index (χ1n) is 7.32. The fraction of sp³-hybridized carbons (Fsp3) is 0.500. The van der Waals surface area contributed by atoms with Gasteiger partial charge < -0.3 is 15.4 Å².